The van der Waals surface area contributed by atoms with E-state index in [1.165, 1.54) is 0 Å². The van der Waals surface area contributed by atoms with Crippen molar-refractivity contribution >= 4 is 21.7 Å². The molecule has 0 atom stereocenters. The second kappa shape index (κ2) is 6.91. The molecule has 0 bridgehead atoms. The predicted octanol–water partition coefficient (Wildman–Crippen LogP) is 2.28. The maximum absolute atomic E-state index is 11.7. The molecule has 5 heteroatoms. The second-order valence-corrected chi connectivity index (χ2v) is 4.75. The fourth-order valence-corrected chi connectivity index (χ4v) is 2.34. The molecule has 0 unspecified atom stereocenters. The predicted molar refractivity (Wildman–Crippen MR) is 70.1 cm³/mol. The number of halogens is 1. The Bertz CT molecular complexity index is 388. The standard InChI is InChI=1S/C12H19BrN2O2/c1-4-6-17-8-9(16)7-11-12(13)10(5-2)14-15(11)3/h4-8H2,1-3H3. The van der Waals surface area contributed by atoms with Crippen LogP contribution in [0, 0.1) is 0 Å². The topological polar surface area (TPSA) is 44.1 Å². The quantitative estimate of drug-likeness (QED) is 0.726. The van der Waals surface area contributed by atoms with Crippen molar-refractivity contribution in [3.8, 4) is 0 Å². The number of carbonyl (C=O) groups excluding carboxylic acids is 1. The first-order valence-corrected chi connectivity index (χ1v) is 6.69. The number of hydrogen-bond acceptors (Lipinski definition) is 3. The average Bonchev–Trinajstić information content (AvgIpc) is 2.57. The van der Waals surface area contributed by atoms with Gasteiger partial charge in [-0.3, -0.25) is 9.48 Å². The van der Waals surface area contributed by atoms with E-state index in [0.717, 1.165) is 28.7 Å². The van der Waals surface area contributed by atoms with Crippen LogP contribution < -0.4 is 0 Å². The minimum Gasteiger partial charge on any atom is -0.374 e. The Labute approximate surface area is 110 Å². The molecule has 0 aliphatic rings. The van der Waals surface area contributed by atoms with E-state index in [0.29, 0.717) is 13.0 Å². The Morgan fingerprint density at radius 2 is 2.18 bits per heavy atom. The van der Waals surface area contributed by atoms with Gasteiger partial charge in [0.1, 0.15) is 6.61 Å². The molecule has 1 aromatic heterocycles. The summed E-state index contributed by atoms with van der Waals surface area (Å²) in [5.41, 5.74) is 1.91. The summed E-state index contributed by atoms with van der Waals surface area (Å²) in [6, 6.07) is 0. The van der Waals surface area contributed by atoms with Crippen molar-refractivity contribution in [2.45, 2.75) is 33.1 Å². The van der Waals surface area contributed by atoms with E-state index in [4.69, 9.17) is 4.74 Å². The van der Waals surface area contributed by atoms with Crippen LogP contribution in [0.2, 0.25) is 0 Å². The molecule has 1 aromatic rings. The smallest absolute Gasteiger partial charge is 0.164 e. The number of nitrogens with zero attached hydrogens (tertiary/aromatic N) is 2. The van der Waals surface area contributed by atoms with Crippen molar-refractivity contribution in [3.05, 3.63) is 15.9 Å². The van der Waals surface area contributed by atoms with E-state index in [9.17, 15) is 4.79 Å². The molecule has 0 spiro atoms. The van der Waals surface area contributed by atoms with Crippen molar-refractivity contribution < 1.29 is 9.53 Å². The van der Waals surface area contributed by atoms with Gasteiger partial charge in [-0.1, -0.05) is 13.8 Å². The van der Waals surface area contributed by atoms with E-state index in [1.54, 1.807) is 4.68 Å². The number of aryl methyl sites for hydroxylation is 2. The van der Waals surface area contributed by atoms with Crippen molar-refractivity contribution in [3.63, 3.8) is 0 Å². The zero-order chi connectivity index (χ0) is 12.8. The first-order valence-electron chi connectivity index (χ1n) is 5.89. The van der Waals surface area contributed by atoms with E-state index in [1.807, 2.05) is 20.9 Å². The van der Waals surface area contributed by atoms with Crippen LogP contribution in [-0.4, -0.2) is 28.8 Å². The molecule has 0 aliphatic heterocycles. The van der Waals surface area contributed by atoms with Crippen LogP contribution >= 0.6 is 15.9 Å². The summed E-state index contributed by atoms with van der Waals surface area (Å²) < 4.78 is 7.95. The Morgan fingerprint density at radius 1 is 1.47 bits per heavy atom. The lowest BCUT2D eigenvalue weighted by Gasteiger charge is -2.03. The third-order valence-corrected chi connectivity index (χ3v) is 3.39. The Kier molecular flexibility index (Phi) is 5.85. The van der Waals surface area contributed by atoms with Gasteiger partial charge in [-0.2, -0.15) is 5.10 Å². The molecular formula is C12H19BrN2O2. The number of ether oxygens (including phenoxy) is 1. The molecule has 0 radical (unpaired) electrons. The van der Waals surface area contributed by atoms with Crippen LogP contribution in [0.15, 0.2) is 4.47 Å². The molecule has 17 heavy (non-hydrogen) atoms. The first kappa shape index (κ1) is 14.4. The Hall–Kier alpha value is -0.680. The molecule has 0 N–H and O–H groups in total. The summed E-state index contributed by atoms with van der Waals surface area (Å²) in [6.45, 7) is 4.89. The lowest BCUT2D eigenvalue weighted by molar-refractivity contribution is -0.123. The first-order chi connectivity index (χ1) is 8.10. The number of ketones is 1. The van der Waals surface area contributed by atoms with Gasteiger partial charge in [0.2, 0.25) is 0 Å². The van der Waals surface area contributed by atoms with Gasteiger partial charge in [0.15, 0.2) is 5.78 Å². The highest BCUT2D eigenvalue weighted by atomic mass is 79.9. The van der Waals surface area contributed by atoms with Crippen molar-refractivity contribution in [2.24, 2.45) is 7.05 Å². The van der Waals surface area contributed by atoms with Crippen LogP contribution in [0.1, 0.15) is 31.7 Å². The summed E-state index contributed by atoms with van der Waals surface area (Å²) in [5.74, 6) is 0.0878. The molecule has 0 saturated carbocycles. The minimum absolute atomic E-state index is 0.0878. The highest BCUT2D eigenvalue weighted by molar-refractivity contribution is 9.10. The number of rotatable bonds is 7. The molecule has 0 fully saturated rings. The lowest BCUT2D eigenvalue weighted by Crippen LogP contribution is -2.14. The molecule has 0 saturated heterocycles. The van der Waals surface area contributed by atoms with Gasteiger partial charge in [-0.25, -0.2) is 0 Å². The van der Waals surface area contributed by atoms with Crippen LogP contribution in [-0.2, 0) is 29.4 Å². The third-order valence-electron chi connectivity index (χ3n) is 2.48. The maximum atomic E-state index is 11.7. The van der Waals surface area contributed by atoms with E-state index in [-0.39, 0.29) is 12.4 Å². The molecule has 1 rings (SSSR count). The molecule has 96 valence electrons. The zero-order valence-corrected chi connectivity index (χ0v) is 12.2. The van der Waals surface area contributed by atoms with Crippen molar-refractivity contribution in [2.75, 3.05) is 13.2 Å². The number of aromatic nitrogens is 2. The fourth-order valence-electron chi connectivity index (χ4n) is 1.58. The minimum atomic E-state index is 0.0878. The molecule has 0 aliphatic carbocycles. The summed E-state index contributed by atoms with van der Waals surface area (Å²) in [4.78, 5) is 11.7. The summed E-state index contributed by atoms with van der Waals surface area (Å²) in [6.07, 6.45) is 2.16. The largest absolute Gasteiger partial charge is 0.374 e. The Morgan fingerprint density at radius 3 is 2.71 bits per heavy atom. The maximum Gasteiger partial charge on any atom is 0.164 e. The van der Waals surface area contributed by atoms with Crippen LogP contribution in [0.3, 0.4) is 0 Å². The van der Waals surface area contributed by atoms with Gasteiger partial charge in [0.05, 0.1) is 22.3 Å². The van der Waals surface area contributed by atoms with Gasteiger partial charge in [0, 0.05) is 13.7 Å². The molecule has 4 nitrogen and oxygen atoms in total. The van der Waals surface area contributed by atoms with Crippen molar-refractivity contribution in [1.82, 2.24) is 9.78 Å². The number of hydrogen-bond donors (Lipinski definition) is 0. The molecule has 0 aromatic carbocycles. The van der Waals surface area contributed by atoms with E-state index >= 15 is 0 Å². The zero-order valence-electron chi connectivity index (χ0n) is 10.6. The van der Waals surface area contributed by atoms with Crippen LogP contribution in [0.25, 0.3) is 0 Å². The summed E-state index contributed by atoms with van der Waals surface area (Å²) >= 11 is 3.50. The molecule has 1 heterocycles. The molecule has 0 amide bonds. The highest BCUT2D eigenvalue weighted by Gasteiger charge is 2.15. The summed E-state index contributed by atoms with van der Waals surface area (Å²) in [5, 5.41) is 4.35. The van der Waals surface area contributed by atoms with E-state index < -0.39 is 0 Å². The van der Waals surface area contributed by atoms with Gasteiger partial charge in [-0.15, -0.1) is 0 Å². The van der Waals surface area contributed by atoms with Gasteiger partial charge >= 0.3 is 0 Å². The summed E-state index contributed by atoms with van der Waals surface area (Å²) in [7, 11) is 1.86. The number of Topliss-reactive ketones (excluding diaryl/α,β-unsaturated/α-hetero) is 1. The van der Waals surface area contributed by atoms with Crippen molar-refractivity contribution in [1.29, 1.82) is 0 Å². The Balaban J connectivity index is 2.62. The number of carbonyl (C=O) groups is 1. The van der Waals surface area contributed by atoms with Crippen LogP contribution in [0.4, 0.5) is 0 Å². The van der Waals surface area contributed by atoms with Gasteiger partial charge in [0.25, 0.3) is 0 Å². The lowest BCUT2D eigenvalue weighted by atomic mass is 10.2. The second-order valence-electron chi connectivity index (χ2n) is 3.95. The van der Waals surface area contributed by atoms with Gasteiger partial charge < -0.3 is 4.74 Å². The third kappa shape index (κ3) is 3.92. The fraction of sp³-hybridized carbons (Fsp3) is 0.667. The van der Waals surface area contributed by atoms with Gasteiger partial charge in [-0.05, 0) is 28.8 Å². The van der Waals surface area contributed by atoms with Crippen LogP contribution in [0.5, 0.6) is 0 Å². The highest BCUT2D eigenvalue weighted by Crippen LogP contribution is 2.22. The molecular weight excluding hydrogens is 284 g/mol. The van der Waals surface area contributed by atoms with E-state index in [2.05, 4.69) is 21.0 Å². The normalized spacial score (nSPS) is 10.8. The average molecular weight is 303 g/mol. The monoisotopic (exact) mass is 302 g/mol. The SMILES string of the molecule is CCCOCC(=O)Cc1c(Br)c(CC)nn1C.